The van der Waals surface area contributed by atoms with Crippen LogP contribution in [0.2, 0.25) is 5.02 Å². The van der Waals surface area contributed by atoms with Gasteiger partial charge >= 0.3 is 0 Å². The van der Waals surface area contributed by atoms with Crippen molar-refractivity contribution in [1.82, 2.24) is 8.61 Å². The van der Waals surface area contributed by atoms with Gasteiger partial charge in [-0.25, -0.2) is 25.4 Å². The highest BCUT2D eigenvalue weighted by molar-refractivity contribution is 7.89. The normalized spacial score (nSPS) is 13.0. The van der Waals surface area contributed by atoms with Gasteiger partial charge in [0.1, 0.15) is 5.58 Å². The lowest BCUT2D eigenvalue weighted by Crippen LogP contribution is -2.23. The Bertz CT molecular complexity index is 1360. The van der Waals surface area contributed by atoms with Crippen molar-refractivity contribution in [2.24, 2.45) is 0 Å². The number of hydrogen-bond donors (Lipinski definition) is 0. The number of hydrogen-bond acceptors (Lipinski definition) is 5. The van der Waals surface area contributed by atoms with Gasteiger partial charge in [-0.2, -0.15) is 0 Å². The zero-order valence-electron chi connectivity index (χ0n) is 17.5. The van der Waals surface area contributed by atoms with Gasteiger partial charge in [-0.05, 0) is 43.2 Å². The van der Waals surface area contributed by atoms with E-state index in [1.807, 2.05) is 0 Å². The summed E-state index contributed by atoms with van der Waals surface area (Å²) in [5, 5.41) is 0.660. The Morgan fingerprint density at radius 1 is 0.800 bits per heavy atom. The van der Waals surface area contributed by atoms with Crippen LogP contribution in [0.4, 0.5) is 0 Å². The third kappa shape index (κ3) is 3.65. The van der Waals surface area contributed by atoms with E-state index in [0.29, 0.717) is 27.7 Å². The summed E-state index contributed by atoms with van der Waals surface area (Å²) in [6.45, 7) is 3.39. The van der Waals surface area contributed by atoms with Crippen molar-refractivity contribution >= 4 is 42.6 Å². The molecule has 0 spiro atoms. The molecule has 1 heterocycles. The minimum absolute atomic E-state index is 0.133. The molecule has 0 saturated heterocycles. The summed E-state index contributed by atoms with van der Waals surface area (Å²) < 4.78 is 58.7. The summed E-state index contributed by atoms with van der Waals surface area (Å²) in [4.78, 5) is 0.280. The Labute approximate surface area is 181 Å². The molecule has 3 aromatic rings. The van der Waals surface area contributed by atoms with Gasteiger partial charge in [0, 0.05) is 39.1 Å². The van der Waals surface area contributed by atoms with E-state index in [4.69, 9.17) is 16.0 Å². The largest absolute Gasteiger partial charge is 0.454 e. The molecule has 2 aromatic carbocycles. The molecule has 0 radical (unpaired) electrons. The average Bonchev–Trinajstić information content (AvgIpc) is 2.96. The first-order valence-corrected chi connectivity index (χ1v) is 12.2. The summed E-state index contributed by atoms with van der Waals surface area (Å²) in [6, 6.07) is 8.02. The molecular weight excluding hydrogens is 448 g/mol. The molecule has 0 amide bonds. The predicted molar refractivity (Wildman–Crippen MR) is 118 cm³/mol. The van der Waals surface area contributed by atoms with Crippen LogP contribution in [0.3, 0.4) is 0 Å². The van der Waals surface area contributed by atoms with Gasteiger partial charge in [0.05, 0.1) is 14.8 Å². The van der Waals surface area contributed by atoms with Crippen LogP contribution in [0.25, 0.3) is 22.3 Å². The third-order valence-electron chi connectivity index (χ3n) is 4.89. The van der Waals surface area contributed by atoms with Gasteiger partial charge in [0.15, 0.2) is 5.76 Å². The van der Waals surface area contributed by atoms with Crippen LogP contribution in [0, 0.1) is 13.8 Å². The molecule has 0 fully saturated rings. The third-order valence-corrected chi connectivity index (χ3v) is 9.18. The van der Waals surface area contributed by atoms with Crippen LogP contribution >= 0.6 is 11.6 Å². The molecule has 1 aromatic heterocycles. The van der Waals surface area contributed by atoms with E-state index in [1.54, 1.807) is 32.0 Å². The number of aryl methyl sites for hydroxylation is 2. The van der Waals surface area contributed by atoms with Crippen molar-refractivity contribution < 1.29 is 21.3 Å². The maximum absolute atomic E-state index is 12.6. The lowest BCUT2D eigenvalue weighted by Gasteiger charge is -2.14. The first-order valence-electron chi connectivity index (χ1n) is 8.97. The van der Waals surface area contributed by atoms with E-state index >= 15 is 0 Å². The van der Waals surface area contributed by atoms with Crippen LogP contribution in [0.1, 0.15) is 11.1 Å². The molecule has 0 unspecified atom stereocenters. The van der Waals surface area contributed by atoms with Crippen LogP contribution in [-0.2, 0) is 20.0 Å². The average molecular weight is 471 g/mol. The lowest BCUT2D eigenvalue weighted by atomic mass is 10.1. The standard InChI is InChI=1S/C20H23ClN2O5S2/c1-12-7-8-14(10-17(12)29(24,25)22(3)4)20-19(21)15-11-18(30(26,27)23(5)6)13(2)9-16(15)28-20/h7-11H,1-6H3. The minimum atomic E-state index is -3.66. The summed E-state index contributed by atoms with van der Waals surface area (Å²) in [5.41, 5.74) is 2.02. The quantitative estimate of drug-likeness (QED) is 0.564. The Morgan fingerprint density at radius 2 is 1.33 bits per heavy atom. The van der Waals surface area contributed by atoms with E-state index in [2.05, 4.69) is 0 Å². The van der Waals surface area contributed by atoms with E-state index < -0.39 is 20.0 Å². The molecule has 0 aliphatic carbocycles. The van der Waals surface area contributed by atoms with Gasteiger partial charge in [0.25, 0.3) is 0 Å². The van der Waals surface area contributed by atoms with Crippen LogP contribution in [-0.4, -0.2) is 53.6 Å². The van der Waals surface area contributed by atoms with Crippen molar-refractivity contribution in [3.8, 4) is 11.3 Å². The molecule has 0 aliphatic heterocycles. The summed E-state index contributed by atoms with van der Waals surface area (Å²) in [5.74, 6) is 0.278. The number of fused-ring (bicyclic) bond motifs is 1. The number of halogens is 1. The monoisotopic (exact) mass is 470 g/mol. The highest BCUT2D eigenvalue weighted by atomic mass is 35.5. The molecule has 7 nitrogen and oxygen atoms in total. The van der Waals surface area contributed by atoms with E-state index in [-0.39, 0.29) is 20.6 Å². The molecular formula is C20H23ClN2O5S2. The Balaban J connectivity index is 2.26. The van der Waals surface area contributed by atoms with Gasteiger partial charge in [-0.1, -0.05) is 23.7 Å². The van der Waals surface area contributed by atoms with E-state index in [9.17, 15) is 16.8 Å². The number of benzene rings is 2. The first-order chi connectivity index (χ1) is 13.8. The Morgan fingerprint density at radius 3 is 1.87 bits per heavy atom. The fourth-order valence-electron chi connectivity index (χ4n) is 3.07. The summed E-state index contributed by atoms with van der Waals surface area (Å²) >= 11 is 6.55. The Hall–Kier alpha value is -1.91. The SMILES string of the molecule is Cc1ccc(-c2oc3cc(C)c(S(=O)(=O)N(C)C)cc3c2Cl)cc1S(=O)(=O)N(C)C. The molecule has 0 N–H and O–H groups in total. The number of sulfonamides is 2. The number of nitrogens with zero attached hydrogens (tertiary/aromatic N) is 2. The smallest absolute Gasteiger partial charge is 0.242 e. The second-order valence-electron chi connectivity index (χ2n) is 7.41. The van der Waals surface area contributed by atoms with Gasteiger partial charge < -0.3 is 4.42 Å². The van der Waals surface area contributed by atoms with E-state index in [0.717, 1.165) is 8.61 Å². The maximum atomic E-state index is 12.6. The van der Waals surface area contributed by atoms with Crippen molar-refractivity contribution in [2.45, 2.75) is 23.6 Å². The second kappa shape index (κ2) is 7.65. The van der Waals surface area contributed by atoms with Crippen molar-refractivity contribution in [1.29, 1.82) is 0 Å². The van der Waals surface area contributed by atoms with Gasteiger partial charge in [0.2, 0.25) is 20.0 Å². The van der Waals surface area contributed by atoms with Crippen molar-refractivity contribution in [2.75, 3.05) is 28.2 Å². The zero-order valence-corrected chi connectivity index (χ0v) is 19.9. The first kappa shape index (κ1) is 22.8. The van der Waals surface area contributed by atoms with Crippen molar-refractivity contribution in [3.05, 3.63) is 46.5 Å². The number of rotatable bonds is 5. The molecule has 10 heteroatoms. The lowest BCUT2D eigenvalue weighted by molar-refractivity contribution is 0.519. The van der Waals surface area contributed by atoms with E-state index in [1.165, 1.54) is 40.3 Å². The molecule has 0 saturated carbocycles. The van der Waals surface area contributed by atoms with Gasteiger partial charge in [-0.15, -0.1) is 0 Å². The molecule has 30 heavy (non-hydrogen) atoms. The van der Waals surface area contributed by atoms with Crippen LogP contribution < -0.4 is 0 Å². The summed E-state index contributed by atoms with van der Waals surface area (Å²) in [7, 11) is -1.48. The molecule has 162 valence electrons. The molecule has 3 rings (SSSR count). The second-order valence-corrected chi connectivity index (χ2v) is 12.0. The highest BCUT2D eigenvalue weighted by Crippen LogP contribution is 2.40. The molecule has 0 atom stereocenters. The molecule has 0 aliphatic rings. The number of furan rings is 1. The van der Waals surface area contributed by atoms with Crippen LogP contribution in [0.15, 0.2) is 44.5 Å². The minimum Gasteiger partial charge on any atom is -0.454 e. The summed E-state index contributed by atoms with van der Waals surface area (Å²) in [6.07, 6.45) is 0. The topological polar surface area (TPSA) is 87.9 Å². The highest BCUT2D eigenvalue weighted by Gasteiger charge is 2.25. The zero-order chi connectivity index (χ0) is 22.6. The fourth-order valence-corrected chi connectivity index (χ4v) is 5.64. The molecule has 0 bridgehead atoms. The Kier molecular flexibility index (Phi) is 5.81. The van der Waals surface area contributed by atoms with Crippen LogP contribution in [0.5, 0.6) is 0 Å². The maximum Gasteiger partial charge on any atom is 0.242 e. The van der Waals surface area contributed by atoms with Crippen molar-refractivity contribution in [3.63, 3.8) is 0 Å². The van der Waals surface area contributed by atoms with Gasteiger partial charge in [-0.3, -0.25) is 0 Å². The fraction of sp³-hybridized carbons (Fsp3) is 0.300. The predicted octanol–water partition coefficient (Wildman–Crippen LogP) is 3.87.